The van der Waals surface area contributed by atoms with Gasteiger partial charge in [0.05, 0.1) is 6.61 Å². The van der Waals surface area contributed by atoms with Crippen molar-refractivity contribution in [3.8, 4) is 5.75 Å². The SMILES string of the molecule is CC1NCCC1C(=O)Cc1cc(Cl)cc2c1OCC2. The highest BCUT2D eigenvalue weighted by atomic mass is 35.5. The highest BCUT2D eigenvalue weighted by molar-refractivity contribution is 6.30. The molecule has 102 valence electrons. The quantitative estimate of drug-likeness (QED) is 0.923. The highest BCUT2D eigenvalue weighted by Gasteiger charge is 2.30. The number of rotatable bonds is 3. The van der Waals surface area contributed by atoms with E-state index < -0.39 is 0 Å². The Bertz CT molecular complexity index is 515. The summed E-state index contributed by atoms with van der Waals surface area (Å²) in [5.74, 6) is 1.30. The average Bonchev–Trinajstić information content (AvgIpc) is 2.97. The minimum absolute atomic E-state index is 0.121. The monoisotopic (exact) mass is 279 g/mol. The fraction of sp³-hybridized carbons (Fsp3) is 0.533. The lowest BCUT2D eigenvalue weighted by molar-refractivity contribution is -0.122. The molecule has 1 fully saturated rings. The van der Waals surface area contributed by atoms with E-state index in [1.807, 2.05) is 12.1 Å². The number of carbonyl (C=O) groups is 1. The van der Waals surface area contributed by atoms with Crippen molar-refractivity contribution in [3.05, 3.63) is 28.3 Å². The predicted octanol–water partition coefficient (Wildman–Crippen LogP) is 2.38. The number of hydrogen-bond acceptors (Lipinski definition) is 3. The summed E-state index contributed by atoms with van der Waals surface area (Å²) in [6.07, 6.45) is 2.25. The number of nitrogens with one attached hydrogen (secondary N) is 1. The summed E-state index contributed by atoms with van der Waals surface area (Å²) < 4.78 is 5.65. The maximum atomic E-state index is 12.4. The zero-order valence-electron chi connectivity index (χ0n) is 11.0. The number of halogens is 1. The van der Waals surface area contributed by atoms with Crippen LogP contribution in [0.15, 0.2) is 12.1 Å². The molecular formula is C15H18ClNO2. The molecule has 2 unspecified atom stereocenters. The van der Waals surface area contributed by atoms with Crippen LogP contribution in [0.5, 0.6) is 5.75 Å². The molecule has 3 rings (SSSR count). The van der Waals surface area contributed by atoms with Gasteiger partial charge in [0.2, 0.25) is 0 Å². The third-order valence-electron chi connectivity index (χ3n) is 4.13. The Hall–Kier alpha value is -1.06. The van der Waals surface area contributed by atoms with Crippen molar-refractivity contribution < 1.29 is 9.53 Å². The van der Waals surface area contributed by atoms with Crippen molar-refractivity contribution in [3.63, 3.8) is 0 Å². The molecule has 0 bridgehead atoms. The van der Waals surface area contributed by atoms with Gasteiger partial charge in [-0.15, -0.1) is 0 Å². The topological polar surface area (TPSA) is 38.3 Å². The molecule has 0 spiro atoms. The van der Waals surface area contributed by atoms with Crippen molar-refractivity contribution >= 4 is 17.4 Å². The second-order valence-electron chi connectivity index (χ2n) is 5.43. The standard InChI is InChI=1S/C15H18ClNO2/c1-9-13(2-4-17-9)14(18)8-11-7-12(16)6-10-3-5-19-15(10)11/h6-7,9,13,17H,2-5,8H2,1H3. The van der Waals surface area contributed by atoms with Crippen LogP contribution in [0.3, 0.4) is 0 Å². The van der Waals surface area contributed by atoms with Crippen LogP contribution in [-0.2, 0) is 17.6 Å². The van der Waals surface area contributed by atoms with Crippen LogP contribution in [0.4, 0.5) is 0 Å². The van der Waals surface area contributed by atoms with E-state index in [0.717, 1.165) is 36.3 Å². The van der Waals surface area contributed by atoms with E-state index in [1.165, 1.54) is 0 Å². The molecule has 2 aliphatic rings. The van der Waals surface area contributed by atoms with Crippen LogP contribution in [0.25, 0.3) is 0 Å². The number of fused-ring (bicyclic) bond motifs is 1. The zero-order chi connectivity index (χ0) is 13.4. The minimum atomic E-state index is 0.121. The van der Waals surface area contributed by atoms with Crippen molar-refractivity contribution in [2.45, 2.75) is 32.2 Å². The molecular weight excluding hydrogens is 262 g/mol. The fourth-order valence-electron chi connectivity index (χ4n) is 3.09. The van der Waals surface area contributed by atoms with Crippen LogP contribution < -0.4 is 10.1 Å². The summed E-state index contributed by atoms with van der Waals surface area (Å²) in [4.78, 5) is 12.4. The summed E-state index contributed by atoms with van der Waals surface area (Å²) in [7, 11) is 0. The molecule has 0 amide bonds. The molecule has 2 atom stereocenters. The molecule has 1 aromatic carbocycles. The number of benzene rings is 1. The first-order valence-corrected chi connectivity index (χ1v) is 7.23. The lowest BCUT2D eigenvalue weighted by Crippen LogP contribution is -2.29. The Kier molecular flexibility index (Phi) is 3.50. The largest absolute Gasteiger partial charge is 0.493 e. The second kappa shape index (κ2) is 5.14. The first kappa shape index (κ1) is 12.9. The Labute approximate surface area is 118 Å². The van der Waals surface area contributed by atoms with E-state index in [-0.39, 0.29) is 17.7 Å². The molecule has 1 N–H and O–H groups in total. The average molecular weight is 280 g/mol. The van der Waals surface area contributed by atoms with Crippen molar-refractivity contribution in [1.29, 1.82) is 0 Å². The maximum absolute atomic E-state index is 12.4. The van der Waals surface area contributed by atoms with Gasteiger partial charge in [-0.05, 0) is 37.6 Å². The maximum Gasteiger partial charge on any atom is 0.142 e. The lowest BCUT2D eigenvalue weighted by atomic mass is 9.91. The summed E-state index contributed by atoms with van der Waals surface area (Å²) in [5.41, 5.74) is 2.08. The normalized spacial score (nSPS) is 25.2. The van der Waals surface area contributed by atoms with Gasteiger partial charge in [0.15, 0.2) is 0 Å². The molecule has 19 heavy (non-hydrogen) atoms. The molecule has 0 radical (unpaired) electrons. The summed E-state index contributed by atoms with van der Waals surface area (Å²) >= 11 is 6.12. The molecule has 1 aromatic rings. The Morgan fingerprint density at radius 3 is 3.11 bits per heavy atom. The van der Waals surface area contributed by atoms with Crippen LogP contribution in [0.2, 0.25) is 5.02 Å². The summed E-state index contributed by atoms with van der Waals surface area (Å²) in [5, 5.41) is 4.02. The van der Waals surface area contributed by atoms with Crippen LogP contribution in [0.1, 0.15) is 24.5 Å². The predicted molar refractivity (Wildman–Crippen MR) is 74.9 cm³/mol. The number of ether oxygens (including phenoxy) is 1. The molecule has 2 aliphatic heterocycles. The van der Waals surface area contributed by atoms with Crippen molar-refractivity contribution in [2.75, 3.05) is 13.2 Å². The van der Waals surface area contributed by atoms with Gasteiger partial charge >= 0.3 is 0 Å². The van der Waals surface area contributed by atoms with Crippen molar-refractivity contribution in [2.24, 2.45) is 5.92 Å². The minimum Gasteiger partial charge on any atom is -0.493 e. The molecule has 3 nitrogen and oxygen atoms in total. The highest BCUT2D eigenvalue weighted by Crippen LogP contribution is 2.34. The number of Topliss-reactive ketones (excluding diaryl/α,β-unsaturated/α-hetero) is 1. The second-order valence-corrected chi connectivity index (χ2v) is 5.87. The van der Waals surface area contributed by atoms with Crippen LogP contribution >= 0.6 is 11.6 Å². The van der Waals surface area contributed by atoms with E-state index in [2.05, 4.69) is 12.2 Å². The van der Waals surface area contributed by atoms with E-state index in [0.29, 0.717) is 18.1 Å². The van der Waals surface area contributed by atoms with Gasteiger partial charge in [0, 0.05) is 35.4 Å². The summed E-state index contributed by atoms with van der Waals surface area (Å²) in [6, 6.07) is 4.09. The first-order chi connectivity index (χ1) is 9.15. The Balaban J connectivity index is 1.82. The molecule has 4 heteroatoms. The van der Waals surface area contributed by atoms with Gasteiger partial charge < -0.3 is 10.1 Å². The Morgan fingerprint density at radius 2 is 2.37 bits per heavy atom. The van der Waals surface area contributed by atoms with E-state index in [1.54, 1.807) is 0 Å². The van der Waals surface area contributed by atoms with Gasteiger partial charge in [0.25, 0.3) is 0 Å². The molecule has 0 aliphatic carbocycles. The van der Waals surface area contributed by atoms with E-state index in [9.17, 15) is 4.79 Å². The molecule has 2 heterocycles. The zero-order valence-corrected chi connectivity index (χ0v) is 11.8. The van der Waals surface area contributed by atoms with Crippen LogP contribution in [-0.4, -0.2) is 25.0 Å². The molecule has 1 saturated heterocycles. The fourth-order valence-corrected chi connectivity index (χ4v) is 3.36. The van der Waals surface area contributed by atoms with E-state index in [4.69, 9.17) is 16.3 Å². The van der Waals surface area contributed by atoms with Gasteiger partial charge in [-0.1, -0.05) is 11.6 Å². The smallest absolute Gasteiger partial charge is 0.142 e. The van der Waals surface area contributed by atoms with Gasteiger partial charge in [0.1, 0.15) is 11.5 Å². The molecule has 0 saturated carbocycles. The van der Waals surface area contributed by atoms with E-state index >= 15 is 0 Å². The van der Waals surface area contributed by atoms with Crippen LogP contribution in [0, 0.1) is 5.92 Å². The number of hydrogen-bond donors (Lipinski definition) is 1. The van der Waals surface area contributed by atoms with Crippen molar-refractivity contribution in [1.82, 2.24) is 5.32 Å². The first-order valence-electron chi connectivity index (χ1n) is 6.85. The Morgan fingerprint density at radius 1 is 1.53 bits per heavy atom. The third kappa shape index (κ3) is 2.49. The van der Waals surface area contributed by atoms with Gasteiger partial charge in [-0.3, -0.25) is 4.79 Å². The summed E-state index contributed by atoms with van der Waals surface area (Å²) in [6.45, 7) is 3.70. The van der Waals surface area contributed by atoms with Gasteiger partial charge in [-0.25, -0.2) is 0 Å². The molecule has 0 aromatic heterocycles. The van der Waals surface area contributed by atoms with Gasteiger partial charge in [-0.2, -0.15) is 0 Å². The lowest BCUT2D eigenvalue weighted by Gasteiger charge is -2.15. The third-order valence-corrected chi connectivity index (χ3v) is 4.35. The number of carbonyl (C=O) groups excluding carboxylic acids is 1. The number of ketones is 1.